The van der Waals surface area contributed by atoms with Crippen LogP contribution in [0.5, 0.6) is 0 Å². The van der Waals surface area contributed by atoms with Crippen molar-refractivity contribution in [3.05, 3.63) is 53.0 Å². The molecule has 40 heavy (non-hydrogen) atoms. The van der Waals surface area contributed by atoms with Gasteiger partial charge in [0.2, 0.25) is 5.91 Å². The van der Waals surface area contributed by atoms with Gasteiger partial charge in [-0.05, 0) is 74.3 Å². The van der Waals surface area contributed by atoms with Crippen molar-refractivity contribution < 1.29 is 14.3 Å². The van der Waals surface area contributed by atoms with Gasteiger partial charge in [-0.25, -0.2) is 4.98 Å². The largest absolute Gasteiger partial charge is 0.381 e. The summed E-state index contributed by atoms with van der Waals surface area (Å²) < 4.78 is 5.36. The van der Waals surface area contributed by atoms with Crippen LogP contribution in [0.15, 0.2) is 30.5 Å². The zero-order valence-corrected chi connectivity index (χ0v) is 24.4. The number of ether oxygens (including phenoxy) is 1. The van der Waals surface area contributed by atoms with Crippen LogP contribution in [-0.4, -0.2) is 57.9 Å². The second-order valence-corrected chi connectivity index (χ2v) is 10.7. The molecule has 0 saturated carbocycles. The number of hydrogen-bond donors (Lipinski definition) is 3. The first-order chi connectivity index (χ1) is 19.2. The number of rotatable bonds is 10. The minimum absolute atomic E-state index is 0.0614. The Kier molecular flexibility index (Phi) is 11.9. The quantitative estimate of drug-likeness (QED) is 0.260. The standard InChI is InChI=1S/C24H29N5O3.C7H15N/c1-3-15(2)22(25)19-5-4-6-21(27-19)28-23(30)20-11-18-13-29(9-7-16(18)12-26-20)24(31)17-8-10-32-14-17;1-3-4-5-6-7(2)8/h4-6,11-12,15,17,25H,3,7-10,13-14H2,1-2H3,(H,27,28,30);8H,3-6H2,1-2H3. The highest BCUT2D eigenvalue weighted by atomic mass is 16.5. The van der Waals surface area contributed by atoms with Crippen molar-refractivity contribution in [2.75, 3.05) is 25.1 Å². The van der Waals surface area contributed by atoms with E-state index in [1.807, 2.05) is 25.7 Å². The summed E-state index contributed by atoms with van der Waals surface area (Å²) in [5.74, 6) is 0.185. The second kappa shape index (κ2) is 15.4. The number of amides is 2. The Morgan fingerprint density at radius 1 is 1.18 bits per heavy atom. The highest BCUT2D eigenvalue weighted by Gasteiger charge is 2.30. The molecule has 216 valence electrons. The Balaban J connectivity index is 0.000000482. The Bertz CT molecular complexity index is 1190. The molecule has 2 aromatic heterocycles. The monoisotopic (exact) mass is 548 g/mol. The number of nitrogens with zero attached hydrogens (tertiary/aromatic N) is 3. The third-order valence-corrected chi connectivity index (χ3v) is 7.45. The summed E-state index contributed by atoms with van der Waals surface area (Å²) in [6.45, 7) is 10.3. The Labute approximate surface area is 238 Å². The smallest absolute Gasteiger partial charge is 0.275 e. The molecule has 2 amide bonds. The van der Waals surface area contributed by atoms with Crippen LogP contribution in [0.1, 0.15) is 93.5 Å². The third kappa shape index (κ3) is 8.78. The van der Waals surface area contributed by atoms with E-state index in [1.54, 1.807) is 30.5 Å². The molecule has 2 aromatic rings. The van der Waals surface area contributed by atoms with E-state index >= 15 is 0 Å². The number of fused-ring (bicyclic) bond motifs is 1. The van der Waals surface area contributed by atoms with Gasteiger partial charge in [0.15, 0.2) is 0 Å². The molecule has 4 rings (SSSR count). The van der Waals surface area contributed by atoms with Crippen LogP contribution in [0.25, 0.3) is 0 Å². The van der Waals surface area contributed by atoms with Crippen LogP contribution in [0, 0.1) is 22.7 Å². The normalized spacial score (nSPS) is 16.8. The minimum Gasteiger partial charge on any atom is -0.381 e. The predicted molar refractivity (Wildman–Crippen MR) is 158 cm³/mol. The number of carbonyl (C=O) groups is 2. The Morgan fingerprint density at radius 2 is 1.98 bits per heavy atom. The van der Waals surface area contributed by atoms with E-state index in [1.165, 1.54) is 19.3 Å². The van der Waals surface area contributed by atoms with E-state index in [-0.39, 0.29) is 29.3 Å². The van der Waals surface area contributed by atoms with E-state index in [2.05, 4.69) is 22.2 Å². The Hall–Kier alpha value is -3.46. The lowest BCUT2D eigenvalue weighted by atomic mass is 9.99. The number of anilines is 1. The van der Waals surface area contributed by atoms with Gasteiger partial charge in [0.05, 0.1) is 23.9 Å². The zero-order chi connectivity index (χ0) is 29.1. The molecule has 1 saturated heterocycles. The van der Waals surface area contributed by atoms with Gasteiger partial charge >= 0.3 is 0 Å². The molecule has 4 heterocycles. The number of hydrogen-bond acceptors (Lipinski definition) is 7. The highest BCUT2D eigenvalue weighted by molar-refractivity contribution is 6.03. The van der Waals surface area contributed by atoms with Crippen LogP contribution in [0.2, 0.25) is 0 Å². The summed E-state index contributed by atoms with van der Waals surface area (Å²) in [4.78, 5) is 36.2. The molecule has 3 N–H and O–H groups in total. The molecule has 0 spiro atoms. The Morgan fingerprint density at radius 3 is 2.65 bits per heavy atom. The summed E-state index contributed by atoms with van der Waals surface area (Å²) >= 11 is 0. The fourth-order valence-electron chi connectivity index (χ4n) is 4.67. The SMILES string of the molecule is CCC(C)C(=N)c1cccc(NC(=O)c2cc3c(cn2)CCN(C(=O)C2CCOC2)C3)n1.CCCCCC(C)=N. The van der Waals surface area contributed by atoms with E-state index in [9.17, 15) is 9.59 Å². The third-order valence-electron chi connectivity index (χ3n) is 7.45. The summed E-state index contributed by atoms with van der Waals surface area (Å²) in [5, 5.41) is 18.1. The van der Waals surface area contributed by atoms with Crippen molar-refractivity contribution in [2.24, 2.45) is 11.8 Å². The molecule has 0 aromatic carbocycles. The summed E-state index contributed by atoms with van der Waals surface area (Å²) in [5.41, 5.74) is 4.12. The first kappa shape index (κ1) is 31.1. The average molecular weight is 549 g/mol. The van der Waals surface area contributed by atoms with Crippen molar-refractivity contribution in [1.29, 1.82) is 10.8 Å². The van der Waals surface area contributed by atoms with Crippen LogP contribution in [-0.2, 0) is 22.5 Å². The van der Waals surface area contributed by atoms with Gasteiger partial charge in [0.25, 0.3) is 5.91 Å². The second-order valence-electron chi connectivity index (χ2n) is 10.7. The lowest BCUT2D eigenvalue weighted by molar-refractivity contribution is -0.136. The number of pyridine rings is 2. The molecule has 0 radical (unpaired) electrons. The van der Waals surface area contributed by atoms with Gasteiger partial charge in [-0.1, -0.05) is 39.7 Å². The summed E-state index contributed by atoms with van der Waals surface area (Å²) in [7, 11) is 0. The first-order valence-corrected chi connectivity index (χ1v) is 14.5. The fraction of sp³-hybridized carbons (Fsp3) is 0.548. The van der Waals surface area contributed by atoms with Crippen LogP contribution < -0.4 is 5.32 Å². The van der Waals surface area contributed by atoms with Gasteiger partial charge < -0.3 is 25.8 Å². The first-order valence-electron chi connectivity index (χ1n) is 14.5. The maximum absolute atomic E-state index is 12.8. The van der Waals surface area contributed by atoms with Gasteiger partial charge in [-0.15, -0.1) is 0 Å². The van der Waals surface area contributed by atoms with Gasteiger partial charge in [-0.2, -0.15) is 0 Å². The molecule has 0 bridgehead atoms. The van der Waals surface area contributed by atoms with E-state index in [4.69, 9.17) is 15.6 Å². The molecular weight excluding hydrogens is 504 g/mol. The van der Waals surface area contributed by atoms with Crippen LogP contribution in [0.3, 0.4) is 0 Å². The zero-order valence-electron chi connectivity index (χ0n) is 24.4. The maximum atomic E-state index is 12.8. The van der Waals surface area contributed by atoms with E-state index < -0.39 is 0 Å². The summed E-state index contributed by atoms with van der Waals surface area (Å²) in [6.07, 6.45) is 8.80. The number of unbranched alkanes of at least 4 members (excludes halogenated alkanes) is 2. The molecule has 9 heteroatoms. The predicted octanol–water partition coefficient (Wildman–Crippen LogP) is 5.67. The maximum Gasteiger partial charge on any atom is 0.275 e. The van der Waals surface area contributed by atoms with Crippen molar-refractivity contribution in [3.8, 4) is 0 Å². The molecule has 9 nitrogen and oxygen atoms in total. The number of nitrogens with one attached hydrogen (secondary N) is 3. The van der Waals surface area contributed by atoms with Crippen molar-refractivity contribution in [1.82, 2.24) is 14.9 Å². The van der Waals surface area contributed by atoms with Gasteiger partial charge in [0, 0.05) is 31.6 Å². The van der Waals surface area contributed by atoms with Gasteiger partial charge in [-0.3, -0.25) is 14.6 Å². The molecular formula is C31H44N6O3. The van der Waals surface area contributed by atoms with Crippen LogP contribution in [0.4, 0.5) is 5.82 Å². The van der Waals surface area contributed by atoms with Crippen molar-refractivity contribution >= 4 is 29.1 Å². The molecule has 1 fully saturated rings. The van der Waals surface area contributed by atoms with E-state index in [0.29, 0.717) is 43.5 Å². The number of aromatic nitrogens is 2. The van der Waals surface area contributed by atoms with Crippen LogP contribution >= 0.6 is 0 Å². The fourth-order valence-corrected chi connectivity index (χ4v) is 4.67. The van der Waals surface area contributed by atoms with Gasteiger partial charge in [0.1, 0.15) is 11.5 Å². The molecule has 0 aliphatic carbocycles. The topological polar surface area (TPSA) is 132 Å². The molecule has 2 atom stereocenters. The highest BCUT2D eigenvalue weighted by Crippen LogP contribution is 2.23. The van der Waals surface area contributed by atoms with Crippen molar-refractivity contribution in [3.63, 3.8) is 0 Å². The lowest BCUT2D eigenvalue weighted by Gasteiger charge is -2.30. The minimum atomic E-state index is -0.361. The average Bonchev–Trinajstić information content (AvgIpc) is 3.51. The molecule has 2 unspecified atom stereocenters. The van der Waals surface area contributed by atoms with E-state index in [0.717, 1.165) is 42.5 Å². The lowest BCUT2D eigenvalue weighted by Crippen LogP contribution is -2.40. The molecule has 2 aliphatic rings. The summed E-state index contributed by atoms with van der Waals surface area (Å²) in [6, 6.07) is 7.03. The molecule has 2 aliphatic heterocycles. The van der Waals surface area contributed by atoms with Crippen molar-refractivity contribution in [2.45, 2.75) is 79.2 Å². The number of carbonyl (C=O) groups excluding carboxylic acids is 2.